The zero-order chi connectivity index (χ0) is 15.8. The Morgan fingerprint density at radius 3 is 2.70 bits per heavy atom. The molecule has 0 amide bonds. The number of hydrogen-bond acceptors (Lipinski definition) is 3. The predicted octanol–water partition coefficient (Wildman–Crippen LogP) is 5.47. The summed E-state index contributed by atoms with van der Waals surface area (Å²) in [5, 5.41) is 4.77. The van der Waals surface area contributed by atoms with E-state index in [1.54, 1.807) is 0 Å². The molecule has 5 heteroatoms. The molecule has 0 bridgehead atoms. The minimum Gasteiger partial charge on any atom is -0.384 e. The molecule has 1 aromatic carbocycles. The Hall–Kier alpha value is -1.32. The van der Waals surface area contributed by atoms with E-state index in [2.05, 4.69) is 10.3 Å². The lowest BCUT2D eigenvalue weighted by molar-refractivity contribution is 0.428. The molecule has 1 fully saturated rings. The topological polar surface area (TPSA) is 37.8 Å². The van der Waals surface area contributed by atoms with E-state index < -0.39 is 0 Å². The molecule has 4 rings (SSSR count). The van der Waals surface area contributed by atoms with Gasteiger partial charge in [-0.05, 0) is 37.5 Å². The number of nitrogens with one attached hydrogen (secondary N) is 1. The number of rotatable bonds is 1. The van der Waals surface area contributed by atoms with Crippen molar-refractivity contribution in [2.45, 2.75) is 44.4 Å². The number of fused-ring (bicyclic) bond motifs is 3. The van der Waals surface area contributed by atoms with Gasteiger partial charge in [0, 0.05) is 34.3 Å². The fraction of sp³-hybridized carbons (Fsp3) is 0.444. The number of benzene rings is 1. The fourth-order valence-corrected chi connectivity index (χ4v) is 4.09. The second-order valence-corrected chi connectivity index (χ2v) is 7.20. The van der Waals surface area contributed by atoms with Gasteiger partial charge in [0.2, 0.25) is 0 Å². The molecule has 0 unspecified atom stereocenters. The lowest BCUT2D eigenvalue weighted by Gasteiger charge is -2.21. The molecule has 120 valence electrons. The van der Waals surface area contributed by atoms with Crippen molar-refractivity contribution < 1.29 is 0 Å². The molecule has 1 aromatic heterocycles. The molecule has 1 aliphatic carbocycles. The van der Waals surface area contributed by atoms with Crippen LogP contribution < -0.4 is 5.32 Å². The Bertz CT molecular complexity index is 739. The van der Waals surface area contributed by atoms with E-state index in [4.69, 9.17) is 28.2 Å². The Labute approximate surface area is 146 Å². The van der Waals surface area contributed by atoms with Crippen molar-refractivity contribution >= 4 is 28.9 Å². The van der Waals surface area contributed by atoms with E-state index in [0.717, 1.165) is 46.3 Å². The maximum Gasteiger partial charge on any atom is 0.136 e. The van der Waals surface area contributed by atoms with E-state index in [1.807, 2.05) is 18.2 Å². The summed E-state index contributed by atoms with van der Waals surface area (Å²) in [4.78, 5) is 9.59. The van der Waals surface area contributed by atoms with Crippen molar-refractivity contribution in [3.05, 3.63) is 39.8 Å². The molecule has 1 saturated carbocycles. The largest absolute Gasteiger partial charge is 0.384 e. The summed E-state index contributed by atoms with van der Waals surface area (Å²) in [6.45, 7) is 0.812. The summed E-state index contributed by atoms with van der Waals surface area (Å²) in [7, 11) is 0. The van der Waals surface area contributed by atoms with Crippen LogP contribution in [-0.2, 0) is 6.42 Å². The molecule has 2 aromatic rings. The van der Waals surface area contributed by atoms with Crippen LogP contribution in [0.4, 0.5) is 5.69 Å². The quantitative estimate of drug-likeness (QED) is 0.695. The van der Waals surface area contributed by atoms with E-state index >= 15 is 0 Å². The van der Waals surface area contributed by atoms with Crippen LogP contribution >= 0.6 is 23.2 Å². The maximum absolute atomic E-state index is 6.53. The van der Waals surface area contributed by atoms with Crippen molar-refractivity contribution in [2.24, 2.45) is 0 Å². The van der Waals surface area contributed by atoms with E-state index in [-0.39, 0.29) is 0 Å². The average molecular weight is 348 g/mol. The maximum atomic E-state index is 6.53. The zero-order valence-electron chi connectivity index (χ0n) is 12.9. The second kappa shape index (κ2) is 6.29. The van der Waals surface area contributed by atoms with Crippen molar-refractivity contribution in [1.82, 2.24) is 9.97 Å². The highest BCUT2D eigenvalue weighted by Crippen LogP contribution is 2.38. The Kier molecular flexibility index (Phi) is 4.16. The molecule has 0 atom stereocenters. The molecule has 0 radical (unpaired) electrons. The first-order chi connectivity index (χ1) is 11.2. The van der Waals surface area contributed by atoms with Crippen LogP contribution in [-0.4, -0.2) is 16.5 Å². The first kappa shape index (κ1) is 15.2. The van der Waals surface area contributed by atoms with Crippen molar-refractivity contribution in [3.63, 3.8) is 0 Å². The van der Waals surface area contributed by atoms with Crippen LogP contribution in [0.5, 0.6) is 0 Å². The number of hydrogen-bond donors (Lipinski definition) is 1. The number of aromatic nitrogens is 2. The zero-order valence-corrected chi connectivity index (χ0v) is 14.4. The lowest BCUT2D eigenvalue weighted by Crippen LogP contribution is -2.11. The molecule has 2 aliphatic rings. The van der Waals surface area contributed by atoms with E-state index in [0.29, 0.717) is 11.1 Å². The Morgan fingerprint density at radius 1 is 1.04 bits per heavy atom. The minimum absolute atomic E-state index is 0.443. The van der Waals surface area contributed by atoms with Gasteiger partial charge in [-0.1, -0.05) is 42.5 Å². The second-order valence-electron chi connectivity index (χ2n) is 6.40. The third kappa shape index (κ3) is 2.92. The Balaban J connectivity index is 1.85. The van der Waals surface area contributed by atoms with Crippen molar-refractivity contribution in [1.29, 1.82) is 0 Å². The third-order valence-electron chi connectivity index (χ3n) is 4.87. The monoisotopic (exact) mass is 347 g/mol. The van der Waals surface area contributed by atoms with Crippen molar-refractivity contribution in [2.75, 3.05) is 11.9 Å². The van der Waals surface area contributed by atoms with Crippen molar-refractivity contribution in [3.8, 4) is 11.3 Å². The Morgan fingerprint density at radius 2 is 1.87 bits per heavy atom. The van der Waals surface area contributed by atoms with Gasteiger partial charge >= 0.3 is 0 Å². The summed E-state index contributed by atoms with van der Waals surface area (Å²) in [5.74, 6) is 1.36. The molecular formula is C18H19Cl2N3. The van der Waals surface area contributed by atoms with E-state index in [1.165, 1.54) is 32.1 Å². The van der Waals surface area contributed by atoms with Gasteiger partial charge in [-0.2, -0.15) is 0 Å². The van der Waals surface area contributed by atoms with Gasteiger partial charge in [0.15, 0.2) is 0 Å². The van der Waals surface area contributed by atoms with Gasteiger partial charge in [0.1, 0.15) is 11.0 Å². The fourth-order valence-electron chi connectivity index (χ4n) is 3.65. The molecule has 0 spiro atoms. The van der Waals surface area contributed by atoms with Gasteiger partial charge < -0.3 is 5.32 Å². The first-order valence-corrected chi connectivity index (χ1v) is 9.08. The van der Waals surface area contributed by atoms with Gasteiger partial charge in [-0.25, -0.2) is 9.97 Å². The smallest absolute Gasteiger partial charge is 0.136 e. The number of anilines is 1. The SMILES string of the molecule is Clc1ccc2c(c1)NCCc1c(Cl)nc(C3CCCCC3)nc1-2. The highest BCUT2D eigenvalue weighted by atomic mass is 35.5. The molecule has 1 aliphatic heterocycles. The van der Waals surface area contributed by atoms with Crippen LogP contribution in [0, 0.1) is 0 Å². The van der Waals surface area contributed by atoms with Crippen LogP contribution in [0.1, 0.15) is 49.4 Å². The van der Waals surface area contributed by atoms with Gasteiger partial charge in [-0.15, -0.1) is 0 Å². The van der Waals surface area contributed by atoms with Crippen LogP contribution in [0.25, 0.3) is 11.3 Å². The number of nitrogens with zero attached hydrogens (tertiary/aromatic N) is 2. The summed E-state index contributed by atoms with van der Waals surface area (Å²) >= 11 is 12.7. The summed E-state index contributed by atoms with van der Waals surface area (Å²) in [5.41, 5.74) is 4.12. The highest BCUT2D eigenvalue weighted by molar-refractivity contribution is 6.31. The summed E-state index contributed by atoms with van der Waals surface area (Å²) in [6, 6.07) is 5.90. The first-order valence-electron chi connectivity index (χ1n) is 8.32. The summed E-state index contributed by atoms with van der Waals surface area (Å²) in [6.07, 6.45) is 7.00. The van der Waals surface area contributed by atoms with Crippen LogP contribution in [0.2, 0.25) is 10.2 Å². The molecule has 0 saturated heterocycles. The van der Waals surface area contributed by atoms with Gasteiger partial charge in [-0.3, -0.25) is 0 Å². The average Bonchev–Trinajstić information content (AvgIpc) is 2.75. The van der Waals surface area contributed by atoms with Gasteiger partial charge in [0.25, 0.3) is 0 Å². The number of halogens is 2. The van der Waals surface area contributed by atoms with Crippen LogP contribution in [0.3, 0.4) is 0 Å². The molecule has 23 heavy (non-hydrogen) atoms. The molecule has 3 nitrogen and oxygen atoms in total. The highest BCUT2D eigenvalue weighted by Gasteiger charge is 2.24. The normalized spacial score (nSPS) is 17.8. The van der Waals surface area contributed by atoms with Gasteiger partial charge in [0.05, 0.1) is 5.69 Å². The third-order valence-corrected chi connectivity index (χ3v) is 5.42. The molecular weight excluding hydrogens is 329 g/mol. The summed E-state index contributed by atoms with van der Waals surface area (Å²) < 4.78 is 0. The lowest BCUT2D eigenvalue weighted by atomic mass is 9.88. The minimum atomic E-state index is 0.443. The molecule has 1 N–H and O–H groups in total. The molecule has 2 heterocycles. The van der Waals surface area contributed by atoms with E-state index in [9.17, 15) is 0 Å². The standard InChI is InChI=1S/C18H19Cl2N3/c19-12-6-7-13-15(10-12)21-9-8-14-16(13)22-18(23-17(14)20)11-4-2-1-3-5-11/h6-7,10-11,21H,1-5,8-9H2. The van der Waals surface area contributed by atoms with Crippen LogP contribution in [0.15, 0.2) is 18.2 Å². The predicted molar refractivity (Wildman–Crippen MR) is 95.5 cm³/mol.